The van der Waals surface area contributed by atoms with Gasteiger partial charge in [-0.25, -0.2) is 13.6 Å². The van der Waals surface area contributed by atoms with E-state index in [2.05, 4.69) is 5.32 Å². The topological polar surface area (TPSA) is 61.9 Å². The van der Waals surface area contributed by atoms with Crippen molar-refractivity contribution in [3.8, 4) is 5.75 Å². The van der Waals surface area contributed by atoms with E-state index in [9.17, 15) is 18.4 Å². The van der Waals surface area contributed by atoms with Crippen LogP contribution in [0.25, 0.3) is 0 Å². The van der Waals surface area contributed by atoms with Gasteiger partial charge in [-0.05, 0) is 49.2 Å². The number of hydrogen-bond donors (Lipinski definition) is 1. The van der Waals surface area contributed by atoms with E-state index in [-0.39, 0.29) is 16.5 Å². The first-order chi connectivity index (χ1) is 14.9. The minimum Gasteiger partial charge on any atom is -0.497 e. The fourth-order valence-electron chi connectivity index (χ4n) is 4.04. The summed E-state index contributed by atoms with van der Waals surface area (Å²) >= 11 is 1.75. The molecule has 0 unspecified atom stereocenters. The highest BCUT2D eigenvalue weighted by Gasteiger charge is 2.47. The highest BCUT2D eigenvalue weighted by Crippen LogP contribution is 2.44. The van der Waals surface area contributed by atoms with Crippen LogP contribution in [0.5, 0.6) is 5.75 Å². The zero-order valence-electron chi connectivity index (χ0n) is 17.1. The van der Waals surface area contributed by atoms with Crippen molar-refractivity contribution in [2.75, 3.05) is 37.8 Å². The maximum absolute atomic E-state index is 13.8. The normalized spacial score (nSPS) is 17.6. The molecule has 2 aliphatic heterocycles. The van der Waals surface area contributed by atoms with Crippen molar-refractivity contribution in [3.05, 3.63) is 59.7 Å². The van der Waals surface area contributed by atoms with Gasteiger partial charge in [-0.15, -0.1) is 11.8 Å². The van der Waals surface area contributed by atoms with Gasteiger partial charge in [-0.2, -0.15) is 0 Å². The molecule has 2 aromatic carbocycles. The van der Waals surface area contributed by atoms with Crippen LogP contribution in [0.3, 0.4) is 0 Å². The molecule has 0 aromatic heterocycles. The van der Waals surface area contributed by atoms with Crippen LogP contribution < -0.4 is 10.1 Å². The average molecular weight is 448 g/mol. The number of rotatable bonds is 3. The van der Waals surface area contributed by atoms with Crippen molar-refractivity contribution < 1.29 is 23.1 Å². The quantitative estimate of drug-likeness (QED) is 0.767. The van der Waals surface area contributed by atoms with Gasteiger partial charge in [0.25, 0.3) is 5.91 Å². The SMILES string of the molecule is COc1ccc(C(=O)N2CCSC23CCN(C(=O)Nc2ccc(F)cc2F)CC3)cc1. The number of urea groups is 1. The van der Waals surface area contributed by atoms with Crippen LogP contribution in [-0.4, -0.2) is 59.1 Å². The highest BCUT2D eigenvalue weighted by atomic mass is 32.2. The van der Waals surface area contributed by atoms with Crippen molar-refractivity contribution in [2.24, 2.45) is 0 Å². The number of piperidine rings is 1. The number of amides is 3. The van der Waals surface area contributed by atoms with E-state index in [1.165, 1.54) is 6.07 Å². The van der Waals surface area contributed by atoms with E-state index in [0.29, 0.717) is 43.8 Å². The summed E-state index contributed by atoms with van der Waals surface area (Å²) in [5.41, 5.74) is 0.549. The van der Waals surface area contributed by atoms with Crippen LogP contribution in [0.1, 0.15) is 23.2 Å². The summed E-state index contributed by atoms with van der Waals surface area (Å²) in [6.07, 6.45) is 1.25. The molecule has 0 aliphatic carbocycles. The van der Waals surface area contributed by atoms with Crippen molar-refractivity contribution in [2.45, 2.75) is 17.7 Å². The predicted octanol–water partition coefficient (Wildman–Crippen LogP) is 4.19. The molecule has 2 aromatic rings. The summed E-state index contributed by atoms with van der Waals surface area (Å²) < 4.78 is 32.1. The van der Waals surface area contributed by atoms with Gasteiger partial charge in [-0.1, -0.05) is 0 Å². The Morgan fingerprint density at radius 2 is 1.77 bits per heavy atom. The van der Waals surface area contributed by atoms with Crippen LogP contribution in [0.15, 0.2) is 42.5 Å². The summed E-state index contributed by atoms with van der Waals surface area (Å²) in [7, 11) is 1.58. The fraction of sp³-hybridized carbons (Fsp3) is 0.364. The molecule has 0 bridgehead atoms. The molecule has 6 nitrogen and oxygen atoms in total. The molecular weight excluding hydrogens is 424 g/mol. The maximum Gasteiger partial charge on any atom is 0.321 e. The van der Waals surface area contributed by atoms with Gasteiger partial charge in [0.2, 0.25) is 0 Å². The second-order valence-electron chi connectivity index (χ2n) is 7.52. The Hall–Kier alpha value is -2.81. The number of thioether (sulfide) groups is 1. The van der Waals surface area contributed by atoms with Crippen molar-refractivity contribution >= 4 is 29.4 Å². The van der Waals surface area contributed by atoms with Gasteiger partial charge < -0.3 is 19.9 Å². The molecule has 9 heteroatoms. The third-order valence-corrected chi connectivity index (χ3v) is 7.32. The third kappa shape index (κ3) is 4.32. The van der Waals surface area contributed by atoms with Gasteiger partial charge in [0.15, 0.2) is 0 Å². The van der Waals surface area contributed by atoms with E-state index >= 15 is 0 Å². The predicted molar refractivity (Wildman–Crippen MR) is 115 cm³/mol. The van der Waals surface area contributed by atoms with Crippen molar-refractivity contribution in [3.63, 3.8) is 0 Å². The number of nitrogens with one attached hydrogen (secondary N) is 1. The zero-order valence-corrected chi connectivity index (χ0v) is 17.9. The van der Waals surface area contributed by atoms with Crippen LogP contribution in [-0.2, 0) is 0 Å². The first kappa shape index (κ1) is 21.4. The molecule has 3 amide bonds. The van der Waals surface area contributed by atoms with Crippen LogP contribution in [0.2, 0.25) is 0 Å². The van der Waals surface area contributed by atoms with Gasteiger partial charge in [-0.3, -0.25) is 4.79 Å². The van der Waals surface area contributed by atoms with Gasteiger partial charge in [0, 0.05) is 37.0 Å². The number of carbonyl (C=O) groups is 2. The van der Waals surface area contributed by atoms with Gasteiger partial charge >= 0.3 is 6.03 Å². The Balaban J connectivity index is 1.41. The van der Waals surface area contributed by atoms with Crippen molar-refractivity contribution in [1.29, 1.82) is 0 Å². The zero-order chi connectivity index (χ0) is 22.0. The molecule has 2 saturated heterocycles. The van der Waals surface area contributed by atoms with E-state index < -0.39 is 17.7 Å². The van der Waals surface area contributed by atoms with E-state index in [4.69, 9.17) is 4.74 Å². The smallest absolute Gasteiger partial charge is 0.321 e. The molecule has 31 heavy (non-hydrogen) atoms. The van der Waals surface area contributed by atoms with Gasteiger partial charge in [0.05, 0.1) is 17.7 Å². The van der Waals surface area contributed by atoms with E-state index in [1.54, 1.807) is 48.0 Å². The number of hydrogen-bond acceptors (Lipinski definition) is 4. The molecule has 1 spiro atoms. The van der Waals surface area contributed by atoms with Gasteiger partial charge in [0.1, 0.15) is 17.4 Å². The Morgan fingerprint density at radius 1 is 1.06 bits per heavy atom. The molecular formula is C22H23F2N3O3S. The first-order valence-electron chi connectivity index (χ1n) is 10.0. The molecule has 0 atom stereocenters. The summed E-state index contributed by atoms with van der Waals surface area (Å²) in [5, 5.41) is 2.50. The maximum atomic E-state index is 13.8. The molecule has 1 N–H and O–H groups in total. The second-order valence-corrected chi connectivity index (χ2v) is 8.98. The Labute approximate surface area is 183 Å². The molecule has 2 aliphatic rings. The largest absolute Gasteiger partial charge is 0.497 e. The highest BCUT2D eigenvalue weighted by molar-refractivity contribution is 8.00. The number of benzene rings is 2. The summed E-state index contributed by atoms with van der Waals surface area (Å²) in [6, 6.07) is 9.66. The van der Waals surface area contributed by atoms with E-state index in [1.807, 2.05) is 4.90 Å². The molecule has 0 saturated carbocycles. The lowest BCUT2D eigenvalue weighted by Crippen LogP contribution is -2.54. The van der Waals surface area contributed by atoms with Crippen LogP contribution in [0, 0.1) is 11.6 Å². The Bertz CT molecular complexity index is 978. The number of halogens is 2. The fourth-order valence-corrected chi connectivity index (χ4v) is 5.50. The van der Waals surface area contributed by atoms with Crippen LogP contribution >= 0.6 is 11.8 Å². The monoisotopic (exact) mass is 447 g/mol. The molecule has 164 valence electrons. The molecule has 0 radical (unpaired) electrons. The number of ether oxygens (including phenoxy) is 1. The number of anilines is 1. The lowest BCUT2D eigenvalue weighted by Gasteiger charge is -2.44. The summed E-state index contributed by atoms with van der Waals surface area (Å²) in [4.78, 5) is 28.9. The Kier molecular flexibility index (Phi) is 6.04. The minimum atomic E-state index is -0.815. The first-order valence-corrected chi connectivity index (χ1v) is 11.0. The molecule has 4 rings (SSSR count). The number of methoxy groups -OCH3 is 1. The summed E-state index contributed by atoms with van der Waals surface area (Å²) in [5.74, 6) is -0.00726. The van der Waals surface area contributed by atoms with Crippen LogP contribution in [0.4, 0.5) is 19.3 Å². The Morgan fingerprint density at radius 3 is 2.42 bits per heavy atom. The lowest BCUT2D eigenvalue weighted by atomic mass is 10.0. The lowest BCUT2D eigenvalue weighted by molar-refractivity contribution is 0.0585. The summed E-state index contributed by atoms with van der Waals surface area (Å²) in [6.45, 7) is 1.53. The number of likely N-dealkylation sites (tertiary alicyclic amines) is 1. The molecule has 2 fully saturated rings. The standard InChI is InChI=1S/C22H23F2N3O3S/c1-30-17-5-2-15(3-6-17)20(28)27-12-13-31-22(27)8-10-26(11-9-22)21(29)25-19-7-4-16(23)14-18(19)24/h2-7,14H,8-13H2,1H3,(H,25,29). The van der Waals surface area contributed by atoms with Crippen molar-refractivity contribution in [1.82, 2.24) is 9.80 Å². The van der Waals surface area contributed by atoms with E-state index in [0.717, 1.165) is 17.9 Å². The second kappa shape index (κ2) is 8.74. The third-order valence-electron chi connectivity index (χ3n) is 5.76. The molecule has 2 heterocycles. The average Bonchev–Trinajstić information content (AvgIpc) is 3.18. The number of nitrogens with zero attached hydrogens (tertiary/aromatic N) is 2. The minimum absolute atomic E-state index is 0.0288. The number of carbonyl (C=O) groups excluding carboxylic acids is 2.